The van der Waals surface area contributed by atoms with Gasteiger partial charge in [-0.2, -0.15) is 0 Å². The Morgan fingerprint density at radius 2 is 2.00 bits per heavy atom. The van der Waals surface area contributed by atoms with E-state index in [1.807, 2.05) is 13.8 Å². The van der Waals surface area contributed by atoms with Crippen molar-refractivity contribution in [3.05, 3.63) is 0 Å². The summed E-state index contributed by atoms with van der Waals surface area (Å²) < 4.78 is 5.11. The van der Waals surface area contributed by atoms with Crippen LogP contribution in [0.1, 0.15) is 26.7 Å². The van der Waals surface area contributed by atoms with Crippen LogP contribution < -0.4 is 0 Å². The van der Waals surface area contributed by atoms with E-state index in [1.54, 1.807) is 0 Å². The molecule has 0 radical (unpaired) electrons. The van der Waals surface area contributed by atoms with E-state index in [2.05, 4.69) is 0 Å². The van der Waals surface area contributed by atoms with Crippen molar-refractivity contribution < 1.29 is 14.9 Å². The van der Waals surface area contributed by atoms with Crippen molar-refractivity contribution in [1.29, 1.82) is 0 Å². The van der Waals surface area contributed by atoms with E-state index in [0.717, 1.165) is 6.42 Å². The molecule has 0 saturated heterocycles. The van der Waals surface area contributed by atoms with Crippen molar-refractivity contribution >= 4 is 0 Å². The average Bonchev–Trinajstić information content (AvgIpc) is 2.00. The first-order valence-electron chi connectivity index (χ1n) is 4.16. The molecule has 0 aliphatic heterocycles. The fourth-order valence-corrected chi connectivity index (χ4v) is 0.981. The van der Waals surface area contributed by atoms with E-state index in [4.69, 9.17) is 9.84 Å². The van der Waals surface area contributed by atoms with Crippen LogP contribution in [-0.4, -0.2) is 35.6 Å². The SMILES string of the molecule is CCCC(O)C(CO)OCC. The molecule has 0 aromatic rings. The van der Waals surface area contributed by atoms with Crippen molar-refractivity contribution in [2.45, 2.75) is 38.9 Å². The van der Waals surface area contributed by atoms with E-state index in [9.17, 15) is 5.11 Å². The van der Waals surface area contributed by atoms with E-state index >= 15 is 0 Å². The van der Waals surface area contributed by atoms with Crippen LogP contribution in [0, 0.1) is 0 Å². The smallest absolute Gasteiger partial charge is 0.106 e. The molecular formula is C8H18O3. The Hall–Kier alpha value is -0.120. The van der Waals surface area contributed by atoms with Crippen LogP contribution >= 0.6 is 0 Å². The van der Waals surface area contributed by atoms with Gasteiger partial charge in [0.1, 0.15) is 6.10 Å². The fraction of sp³-hybridized carbons (Fsp3) is 1.00. The standard InChI is InChI=1S/C8H18O3/c1-3-5-7(10)8(6-9)11-4-2/h7-10H,3-6H2,1-2H3. The zero-order valence-electron chi connectivity index (χ0n) is 7.29. The second kappa shape index (κ2) is 6.58. The molecule has 0 aliphatic rings. The maximum Gasteiger partial charge on any atom is 0.106 e. The lowest BCUT2D eigenvalue weighted by Gasteiger charge is -2.19. The van der Waals surface area contributed by atoms with Gasteiger partial charge in [-0.25, -0.2) is 0 Å². The summed E-state index contributed by atoms with van der Waals surface area (Å²) in [7, 11) is 0. The Morgan fingerprint density at radius 3 is 2.36 bits per heavy atom. The Labute approximate surface area is 68.0 Å². The van der Waals surface area contributed by atoms with Crippen LogP contribution in [0.25, 0.3) is 0 Å². The molecule has 0 aromatic carbocycles. The molecule has 3 heteroatoms. The molecule has 68 valence electrons. The Balaban J connectivity index is 3.61. The van der Waals surface area contributed by atoms with Gasteiger partial charge < -0.3 is 14.9 Å². The highest BCUT2D eigenvalue weighted by molar-refractivity contribution is 4.66. The summed E-state index contributed by atoms with van der Waals surface area (Å²) in [6, 6.07) is 0. The van der Waals surface area contributed by atoms with Gasteiger partial charge in [-0.3, -0.25) is 0 Å². The van der Waals surface area contributed by atoms with Gasteiger partial charge in [0, 0.05) is 6.61 Å². The summed E-state index contributed by atoms with van der Waals surface area (Å²) >= 11 is 0. The topological polar surface area (TPSA) is 49.7 Å². The third-order valence-electron chi connectivity index (χ3n) is 1.57. The van der Waals surface area contributed by atoms with E-state index in [-0.39, 0.29) is 6.61 Å². The minimum atomic E-state index is -0.523. The summed E-state index contributed by atoms with van der Waals surface area (Å²) in [4.78, 5) is 0. The molecule has 3 nitrogen and oxygen atoms in total. The molecule has 0 bridgehead atoms. The number of rotatable bonds is 6. The highest BCUT2D eigenvalue weighted by Crippen LogP contribution is 2.05. The van der Waals surface area contributed by atoms with Gasteiger partial charge in [-0.05, 0) is 13.3 Å². The summed E-state index contributed by atoms with van der Waals surface area (Å²) in [5.74, 6) is 0. The molecule has 2 N–H and O–H groups in total. The maximum atomic E-state index is 9.36. The summed E-state index contributed by atoms with van der Waals surface area (Å²) in [6.45, 7) is 4.27. The Bertz CT molecular complexity index is 85.4. The monoisotopic (exact) mass is 162 g/mol. The third-order valence-corrected chi connectivity index (χ3v) is 1.57. The number of hydrogen-bond donors (Lipinski definition) is 2. The summed E-state index contributed by atoms with van der Waals surface area (Å²) in [6.07, 6.45) is 0.667. The lowest BCUT2D eigenvalue weighted by Crippen LogP contribution is -2.32. The van der Waals surface area contributed by atoms with Gasteiger partial charge in [-0.1, -0.05) is 13.3 Å². The van der Waals surface area contributed by atoms with Gasteiger partial charge in [0.25, 0.3) is 0 Å². The van der Waals surface area contributed by atoms with Gasteiger partial charge in [0.15, 0.2) is 0 Å². The maximum absolute atomic E-state index is 9.36. The number of aliphatic hydroxyl groups excluding tert-OH is 2. The number of aliphatic hydroxyl groups is 2. The second-order valence-corrected chi connectivity index (χ2v) is 2.53. The average molecular weight is 162 g/mol. The first-order valence-corrected chi connectivity index (χ1v) is 4.16. The molecule has 0 spiro atoms. The largest absolute Gasteiger partial charge is 0.394 e. The normalized spacial score (nSPS) is 16.4. The highest BCUT2D eigenvalue weighted by Gasteiger charge is 2.16. The lowest BCUT2D eigenvalue weighted by atomic mass is 10.1. The minimum absolute atomic E-state index is 0.102. The molecule has 0 rings (SSSR count). The van der Waals surface area contributed by atoms with Gasteiger partial charge >= 0.3 is 0 Å². The summed E-state index contributed by atoms with van der Waals surface area (Å²) in [5.41, 5.74) is 0. The zero-order valence-corrected chi connectivity index (χ0v) is 7.29. The number of hydrogen-bond acceptors (Lipinski definition) is 3. The van der Waals surface area contributed by atoms with Crippen molar-refractivity contribution in [2.75, 3.05) is 13.2 Å². The third kappa shape index (κ3) is 4.35. The van der Waals surface area contributed by atoms with E-state index in [1.165, 1.54) is 0 Å². The predicted octanol–water partition coefficient (Wildman–Crippen LogP) is 0.545. The van der Waals surface area contributed by atoms with E-state index in [0.29, 0.717) is 13.0 Å². The summed E-state index contributed by atoms with van der Waals surface area (Å²) in [5, 5.41) is 18.1. The fourth-order valence-electron chi connectivity index (χ4n) is 0.981. The van der Waals surface area contributed by atoms with Crippen LogP contribution in [0.2, 0.25) is 0 Å². The molecule has 0 aliphatic carbocycles. The second-order valence-electron chi connectivity index (χ2n) is 2.53. The van der Waals surface area contributed by atoms with Crippen molar-refractivity contribution in [2.24, 2.45) is 0 Å². The Kier molecular flexibility index (Phi) is 6.51. The first-order chi connectivity index (χ1) is 5.26. The highest BCUT2D eigenvalue weighted by atomic mass is 16.5. The number of ether oxygens (including phenoxy) is 1. The molecule has 2 atom stereocenters. The molecule has 11 heavy (non-hydrogen) atoms. The van der Waals surface area contributed by atoms with Crippen LogP contribution in [0.4, 0.5) is 0 Å². The van der Waals surface area contributed by atoms with Crippen molar-refractivity contribution in [3.63, 3.8) is 0 Å². The van der Waals surface area contributed by atoms with Gasteiger partial charge in [0.05, 0.1) is 12.7 Å². The van der Waals surface area contributed by atoms with Crippen molar-refractivity contribution in [1.82, 2.24) is 0 Å². The van der Waals surface area contributed by atoms with Gasteiger partial charge in [0.2, 0.25) is 0 Å². The van der Waals surface area contributed by atoms with E-state index < -0.39 is 12.2 Å². The zero-order chi connectivity index (χ0) is 8.69. The first kappa shape index (κ1) is 10.9. The lowest BCUT2D eigenvalue weighted by molar-refractivity contribution is -0.0615. The molecule has 2 unspecified atom stereocenters. The Morgan fingerprint density at radius 1 is 1.36 bits per heavy atom. The quantitative estimate of drug-likeness (QED) is 0.599. The molecular weight excluding hydrogens is 144 g/mol. The van der Waals surface area contributed by atoms with Crippen LogP contribution in [0.15, 0.2) is 0 Å². The molecule has 0 fully saturated rings. The van der Waals surface area contributed by atoms with Crippen LogP contribution in [-0.2, 0) is 4.74 Å². The van der Waals surface area contributed by atoms with Gasteiger partial charge in [-0.15, -0.1) is 0 Å². The molecule has 0 aromatic heterocycles. The van der Waals surface area contributed by atoms with Crippen LogP contribution in [0.5, 0.6) is 0 Å². The molecule has 0 amide bonds. The molecule has 0 heterocycles. The van der Waals surface area contributed by atoms with Crippen LogP contribution in [0.3, 0.4) is 0 Å². The minimum Gasteiger partial charge on any atom is -0.394 e. The predicted molar refractivity (Wildman–Crippen MR) is 43.4 cm³/mol. The molecule has 0 saturated carbocycles. The van der Waals surface area contributed by atoms with Crippen molar-refractivity contribution in [3.8, 4) is 0 Å².